The van der Waals surface area contributed by atoms with Crippen LogP contribution >= 0.6 is 11.6 Å². The second-order valence-corrected chi connectivity index (χ2v) is 11.3. The highest BCUT2D eigenvalue weighted by Gasteiger charge is 2.41. The molecule has 0 radical (unpaired) electrons. The molecule has 2 atom stereocenters. The minimum absolute atomic E-state index is 0.0149. The molecule has 218 valence electrons. The second-order valence-electron chi connectivity index (χ2n) is 10.9. The lowest BCUT2D eigenvalue weighted by molar-refractivity contribution is -0.118. The molecule has 3 aromatic rings. The van der Waals surface area contributed by atoms with E-state index in [9.17, 15) is 19.5 Å². The summed E-state index contributed by atoms with van der Waals surface area (Å²) in [4.78, 5) is 54.8. The molecule has 1 aromatic heterocycles. The van der Waals surface area contributed by atoms with Crippen LogP contribution in [0.4, 0.5) is 0 Å². The van der Waals surface area contributed by atoms with Gasteiger partial charge in [0.05, 0.1) is 22.2 Å². The number of aromatic amines is 1. The van der Waals surface area contributed by atoms with Gasteiger partial charge >= 0.3 is 0 Å². The summed E-state index contributed by atoms with van der Waals surface area (Å²) >= 11 is 6.14. The zero-order valence-electron chi connectivity index (χ0n) is 23.3. The highest BCUT2D eigenvalue weighted by atomic mass is 35.5. The van der Waals surface area contributed by atoms with Gasteiger partial charge in [-0.2, -0.15) is 0 Å². The number of amides is 3. The molecule has 0 spiro atoms. The Morgan fingerprint density at radius 1 is 1.17 bits per heavy atom. The Bertz CT molecular complexity index is 1590. The molecular weight excluding hydrogens is 560 g/mol. The molecule has 1 saturated heterocycles. The minimum atomic E-state index is -0.887. The molecule has 6 rings (SSSR count). The maximum absolute atomic E-state index is 13.3. The summed E-state index contributed by atoms with van der Waals surface area (Å²) in [7, 11) is 2.03. The first kappa shape index (κ1) is 28.1. The van der Waals surface area contributed by atoms with Gasteiger partial charge in [-0.25, -0.2) is 9.98 Å². The molecule has 4 heterocycles. The van der Waals surface area contributed by atoms with Gasteiger partial charge in [-0.1, -0.05) is 17.7 Å². The van der Waals surface area contributed by atoms with Crippen LogP contribution in [0.25, 0.3) is 11.0 Å². The molecule has 1 fully saturated rings. The van der Waals surface area contributed by atoms with Crippen molar-refractivity contribution in [3.63, 3.8) is 0 Å². The van der Waals surface area contributed by atoms with Crippen LogP contribution in [0.2, 0.25) is 5.02 Å². The number of likely N-dealkylation sites (tertiary alicyclic amines) is 1. The van der Waals surface area contributed by atoms with Crippen LogP contribution in [0.1, 0.15) is 50.9 Å². The number of halogens is 1. The minimum Gasteiger partial charge on any atom is -0.490 e. The van der Waals surface area contributed by atoms with Crippen molar-refractivity contribution in [2.75, 3.05) is 33.3 Å². The van der Waals surface area contributed by atoms with Crippen LogP contribution in [0.15, 0.2) is 47.1 Å². The van der Waals surface area contributed by atoms with Gasteiger partial charge in [0.2, 0.25) is 0 Å². The van der Waals surface area contributed by atoms with Gasteiger partial charge in [-0.15, -0.1) is 0 Å². The van der Waals surface area contributed by atoms with Crippen molar-refractivity contribution in [2.24, 2.45) is 4.99 Å². The van der Waals surface area contributed by atoms with E-state index in [1.54, 1.807) is 36.4 Å². The van der Waals surface area contributed by atoms with E-state index >= 15 is 0 Å². The Kier molecular flexibility index (Phi) is 7.56. The largest absolute Gasteiger partial charge is 0.490 e. The number of piperidine rings is 1. The fourth-order valence-corrected chi connectivity index (χ4v) is 5.81. The highest BCUT2D eigenvalue weighted by molar-refractivity contribution is 6.31. The van der Waals surface area contributed by atoms with E-state index in [-0.39, 0.29) is 31.0 Å². The molecule has 0 bridgehead atoms. The lowest BCUT2D eigenvalue weighted by atomic mass is 10.0. The predicted octanol–water partition coefficient (Wildman–Crippen LogP) is 2.82. The molecule has 12 heteroatoms. The van der Waals surface area contributed by atoms with E-state index in [0.29, 0.717) is 44.5 Å². The highest BCUT2D eigenvalue weighted by Crippen LogP contribution is 2.33. The number of imide groups is 1. The smallest absolute Gasteiger partial charge is 0.262 e. The molecule has 2 aromatic carbocycles. The SMILES string of the molecule is Cc1c(Cl)cccc1OC[C@H](O)CNC1=CC=NC(=O)C1c1nc2cc3c(cc2[nH]1)C(=O)N(C1CCN(C)CC1)C3=O. The van der Waals surface area contributed by atoms with Gasteiger partial charge in [-0.3, -0.25) is 19.3 Å². The van der Waals surface area contributed by atoms with Crippen LogP contribution in [0, 0.1) is 6.92 Å². The van der Waals surface area contributed by atoms with E-state index in [1.165, 1.54) is 11.1 Å². The number of nitrogens with zero attached hydrogens (tertiary/aromatic N) is 4. The van der Waals surface area contributed by atoms with Crippen molar-refractivity contribution in [1.82, 2.24) is 25.1 Å². The third-order valence-electron chi connectivity index (χ3n) is 8.07. The zero-order chi connectivity index (χ0) is 29.5. The number of carbonyl (C=O) groups is 3. The van der Waals surface area contributed by atoms with Crippen LogP contribution in [-0.2, 0) is 4.79 Å². The number of imidazole rings is 1. The average molecular weight is 591 g/mol. The zero-order valence-corrected chi connectivity index (χ0v) is 24.0. The first-order chi connectivity index (χ1) is 20.2. The fraction of sp³-hybridized carbons (Fsp3) is 0.367. The summed E-state index contributed by atoms with van der Waals surface area (Å²) in [6.07, 6.45) is 3.65. The predicted molar refractivity (Wildman–Crippen MR) is 157 cm³/mol. The van der Waals surface area contributed by atoms with Crippen LogP contribution in [0.3, 0.4) is 0 Å². The van der Waals surface area contributed by atoms with E-state index < -0.39 is 17.9 Å². The molecule has 3 aliphatic heterocycles. The third kappa shape index (κ3) is 5.19. The Labute approximate surface area is 247 Å². The number of aliphatic hydroxyl groups is 1. The number of carbonyl (C=O) groups excluding carboxylic acids is 3. The molecule has 0 saturated carbocycles. The van der Waals surface area contributed by atoms with Crippen molar-refractivity contribution in [2.45, 2.75) is 37.8 Å². The standard InChI is InChI=1S/C30H31ClN6O5/c1-16-21(31)4-3-5-25(16)42-15-18(38)14-33-22-6-9-32-28(39)26(22)27-34-23-12-19-20(13-24(23)35-27)30(41)37(29(19)40)17-7-10-36(2)11-8-17/h3-6,9,12-13,17-18,26,33,38H,7-8,10-11,14-15H2,1-2H3,(H,34,35)/t18-,26?/m1/s1. The van der Waals surface area contributed by atoms with Crippen molar-refractivity contribution in [1.29, 1.82) is 0 Å². The van der Waals surface area contributed by atoms with Crippen molar-refractivity contribution in [3.05, 3.63) is 69.6 Å². The van der Waals surface area contributed by atoms with E-state index in [0.717, 1.165) is 31.5 Å². The molecule has 0 aliphatic carbocycles. The first-order valence-corrected chi connectivity index (χ1v) is 14.3. The van der Waals surface area contributed by atoms with Gasteiger partial charge < -0.3 is 25.0 Å². The summed E-state index contributed by atoms with van der Waals surface area (Å²) in [5.74, 6) is -1.01. The molecule has 3 amide bonds. The van der Waals surface area contributed by atoms with Crippen LogP contribution < -0.4 is 10.1 Å². The summed E-state index contributed by atoms with van der Waals surface area (Å²) in [6.45, 7) is 3.62. The lowest BCUT2D eigenvalue weighted by Crippen LogP contribution is -2.46. The summed E-state index contributed by atoms with van der Waals surface area (Å²) in [5, 5.41) is 14.3. The van der Waals surface area contributed by atoms with Gasteiger partial charge in [0, 0.05) is 35.1 Å². The van der Waals surface area contributed by atoms with Gasteiger partial charge in [0.1, 0.15) is 30.2 Å². The Hall–Kier alpha value is -4.06. The van der Waals surface area contributed by atoms with Crippen molar-refractivity contribution >= 4 is 46.6 Å². The second kappa shape index (κ2) is 11.3. The molecule has 3 aliphatic rings. The maximum Gasteiger partial charge on any atom is 0.262 e. The number of H-pyrrole nitrogens is 1. The maximum atomic E-state index is 13.3. The molecule has 3 N–H and O–H groups in total. The number of rotatable bonds is 8. The number of allylic oxidation sites excluding steroid dienone is 1. The van der Waals surface area contributed by atoms with Crippen LogP contribution in [-0.4, -0.2) is 94.2 Å². The number of hydrogen-bond acceptors (Lipinski definition) is 8. The topological polar surface area (TPSA) is 140 Å². The molecule has 1 unspecified atom stereocenters. The van der Waals surface area contributed by atoms with E-state index in [1.807, 2.05) is 14.0 Å². The molecular formula is C30H31ClN6O5. The van der Waals surface area contributed by atoms with Crippen molar-refractivity contribution < 1.29 is 24.2 Å². The monoisotopic (exact) mass is 590 g/mol. The summed E-state index contributed by atoms with van der Waals surface area (Å²) < 4.78 is 5.73. The molecule has 11 nitrogen and oxygen atoms in total. The van der Waals surface area contributed by atoms with E-state index in [2.05, 4.69) is 25.2 Å². The Morgan fingerprint density at radius 3 is 2.67 bits per heavy atom. The average Bonchev–Trinajstić information content (AvgIpc) is 3.49. The first-order valence-electron chi connectivity index (χ1n) is 13.9. The number of aliphatic hydroxyl groups excluding tert-OH is 1. The number of benzene rings is 2. The van der Waals surface area contributed by atoms with Gasteiger partial charge in [0.25, 0.3) is 17.7 Å². The van der Waals surface area contributed by atoms with E-state index in [4.69, 9.17) is 16.3 Å². The Balaban J connectivity index is 1.17. The third-order valence-corrected chi connectivity index (χ3v) is 8.48. The number of ether oxygens (including phenoxy) is 1. The van der Waals surface area contributed by atoms with Crippen LogP contribution in [0.5, 0.6) is 5.75 Å². The quantitative estimate of drug-likeness (QED) is 0.340. The number of aromatic nitrogens is 2. The number of nitrogens with one attached hydrogen (secondary N) is 2. The normalized spacial score (nSPS) is 20.3. The lowest BCUT2D eigenvalue weighted by Gasteiger charge is -2.33. The molecule has 42 heavy (non-hydrogen) atoms. The fourth-order valence-electron chi connectivity index (χ4n) is 5.65. The van der Waals surface area contributed by atoms with Gasteiger partial charge in [0.15, 0.2) is 0 Å². The Morgan fingerprint density at radius 2 is 1.90 bits per heavy atom. The summed E-state index contributed by atoms with van der Waals surface area (Å²) in [5.41, 5.74) is 2.96. The number of dihydropyridines is 1. The van der Waals surface area contributed by atoms with Crippen molar-refractivity contribution in [3.8, 4) is 5.75 Å². The summed E-state index contributed by atoms with van der Waals surface area (Å²) in [6, 6.07) is 8.46. The number of aliphatic imine (C=N–C) groups is 1. The number of fused-ring (bicyclic) bond motifs is 2. The number of hydrogen-bond donors (Lipinski definition) is 3. The van der Waals surface area contributed by atoms with Gasteiger partial charge in [-0.05, 0) is 70.2 Å².